The van der Waals surface area contributed by atoms with Crippen LogP contribution in [-0.2, 0) is 16.1 Å². The number of nitrogens with one attached hydrogen (secondary N) is 1. The maximum Gasteiger partial charge on any atom is 0.322 e. The molecule has 1 unspecified atom stereocenters. The first kappa shape index (κ1) is 14.7. The Morgan fingerprint density at radius 1 is 1.40 bits per heavy atom. The number of hydrogen-bond acceptors (Lipinski definition) is 5. The average Bonchev–Trinajstić information content (AvgIpc) is 2.49. The number of rotatable bonds is 5. The molecule has 0 spiro atoms. The summed E-state index contributed by atoms with van der Waals surface area (Å²) in [5, 5.41) is 3.21. The number of carbonyl (C=O) groups excluding carboxylic acids is 1. The number of benzene rings is 1. The standard InChI is InChI=1S/C15H21NO4/c1-4-12(15(17)18-3)16-9-11-5-6-13-14(10(11)2)20-8-7-19-13/h5-6,12,16H,4,7-9H2,1-3H3. The SMILES string of the molecule is CCC(NCc1ccc2c(c1C)OCCO2)C(=O)OC. The van der Waals surface area contributed by atoms with Crippen LogP contribution in [0.15, 0.2) is 12.1 Å². The normalized spacial score (nSPS) is 14.8. The molecule has 0 bridgehead atoms. The molecule has 110 valence electrons. The predicted octanol–water partition coefficient (Wildman–Crippen LogP) is 1.81. The fraction of sp³-hybridized carbons (Fsp3) is 0.533. The highest BCUT2D eigenvalue weighted by atomic mass is 16.6. The van der Waals surface area contributed by atoms with Gasteiger partial charge in [0.1, 0.15) is 19.3 Å². The molecule has 5 heteroatoms. The number of fused-ring (bicyclic) bond motifs is 1. The quantitative estimate of drug-likeness (QED) is 0.833. The summed E-state index contributed by atoms with van der Waals surface area (Å²) in [5.41, 5.74) is 2.14. The van der Waals surface area contributed by atoms with E-state index in [1.54, 1.807) is 0 Å². The summed E-state index contributed by atoms with van der Waals surface area (Å²) in [6, 6.07) is 3.63. The lowest BCUT2D eigenvalue weighted by Gasteiger charge is -2.22. The second kappa shape index (κ2) is 6.61. The Bertz CT molecular complexity index is 487. The van der Waals surface area contributed by atoms with Gasteiger partial charge in [-0.25, -0.2) is 0 Å². The zero-order chi connectivity index (χ0) is 14.5. The van der Waals surface area contributed by atoms with E-state index in [9.17, 15) is 4.79 Å². The molecule has 0 amide bonds. The molecule has 0 fully saturated rings. The smallest absolute Gasteiger partial charge is 0.322 e. The summed E-state index contributed by atoms with van der Waals surface area (Å²) in [6.07, 6.45) is 0.691. The molecule has 1 heterocycles. The predicted molar refractivity (Wildman–Crippen MR) is 75.1 cm³/mol. The van der Waals surface area contributed by atoms with Crippen LogP contribution in [-0.4, -0.2) is 32.3 Å². The van der Waals surface area contributed by atoms with E-state index in [4.69, 9.17) is 14.2 Å². The molecule has 0 aromatic heterocycles. The van der Waals surface area contributed by atoms with Crippen molar-refractivity contribution in [2.75, 3.05) is 20.3 Å². The summed E-state index contributed by atoms with van der Waals surface area (Å²) in [5.74, 6) is 1.36. The molecule has 5 nitrogen and oxygen atoms in total. The Morgan fingerprint density at radius 2 is 2.15 bits per heavy atom. The van der Waals surface area contributed by atoms with Gasteiger partial charge in [-0.1, -0.05) is 13.0 Å². The van der Waals surface area contributed by atoms with Crippen LogP contribution in [0.1, 0.15) is 24.5 Å². The summed E-state index contributed by atoms with van der Waals surface area (Å²) >= 11 is 0. The van der Waals surface area contributed by atoms with Gasteiger partial charge in [0.15, 0.2) is 11.5 Å². The van der Waals surface area contributed by atoms with E-state index in [0.717, 1.165) is 22.6 Å². The molecule has 1 atom stereocenters. The molecule has 0 radical (unpaired) electrons. The molecule has 0 aliphatic carbocycles. The number of esters is 1. The van der Waals surface area contributed by atoms with Gasteiger partial charge in [-0.15, -0.1) is 0 Å². The van der Waals surface area contributed by atoms with Gasteiger partial charge in [0.25, 0.3) is 0 Å². The van der Waals surface area contributed by atoms with Crippen molar-refractivity contribution in [2.24, 2.45) is 0 Å². The second-order valence-electron chi connectivity index (χ2n) is 4.74. The maximum absolute atomic E-state index is 11.6. The van der Waals surface area contributed by atoms with Gasteiger partial charge in [0, 0.05) is 6.54 Å². The summed E-state index contributed by atoms with van der Waals surface area (Å²) < 4.78 is 16.0. The van der Waals surface area contributed by atoms with Gasteiger partial charge in [0.05, 0.1) is 7.11 Å². The number of carbonyl (C=O) groups is 1. The largest absolute Gasteiger partial charge is 0.486 e. The zero-order valence-electron chi connectivity index (χ0n) is 12.2. The first-order chi connectivity index (χ1) is 9.67. The van der Waals surface area contributed by atoms with E-state index in [2.05, 4.69) is 5.32 Å². The molecule has 0 saturated carbocycles. The van der Waals surface area contributed by atoms with Crippen LogP contribution in [0, 0.1) is 6.92 Å². The van der Waals surface area contributed by atoms with E-state index < -0.39 is 0 Å². The molecule has 2 rings (SSSR count). The van der Waals surface area contributed by atoms with Gasteiger partial charge in [0.2, 0.25) is 0 Å². The van der Waals surface area contributed by atoms with Crippen LogP contribution >= 0.6 is 0 Å². The molecule has 0 saturated heterocycles. The molecule has 1 aromatic carbocycles. The van der Waals surface area contributed by atoms with Crippen molar-refractivity contribution in [2.45, 2.75) is 32.9 Å². The second-order valence-corrected chi connectivity index (χ2v) is 4.74. The lowest BCUT2D eigenvalue weighted by molar-refractivity contribution is -0.143. The highest BCUT2D eigenvalue weighted by molar-refractivity contribution is 5.75. The van der Waals surface area contributed by atoms with Crippen molar-refractivity contribution in [1.29, 1.82) is 0 Å². The third kappa shape index (κ3) is 3.04. The molecular weight excluding hydrogens is 258 g/mol. The van der Waals surface area contributed by atoms with E-state index in [1.165, 1.54) is 7.11 Å². The van der Waals surface area contributed by atoms with Crippen LogP contribution in [0.2, 0.25) is 0 Å². The fourth-order valence-electron chi connectivity index (χ4n) is 2.26. The highest BCUT2D eigenvalue weighted by Crippen LogP contribution is 2.35. The van der Waals surface area contributed by atoms with Crippen molar-refractivity contribution in [3.8, 4) is 11.5 Å². The zero-order valence-corrected chi connectivity index (χ0v) is 12.2. The highest BCUT2D eigenvalue weighted by Gasteiger charge is 2.19. The van der Waals surface area contributed by atoms with Gasteiger partial charge in [-0.3, -0.25) is 4.79 Å². The monoisotopic (exact) mass is 279 g/mol. The van der Waals surface area contributed by atoms with E-state index in [1.807, 2.05) is 26.0 Å². The van der Waals surface area contributed by atoms with E-state index in [-0.39, 0.29) is 12.0 Å². The van der Waals surface area contributed by atoms with Crippen molar-refractivity contribution in [3.05, 3.63) is 23.3 Å². The minimum Gasteiger partial charge on any atom is -0.486 e. The Labute approximate surface area is 119 Å². The van der Waals surface area contributed by atoms with Crippen molar-refractivity contribution >= 4 is 5.97 Å². The van der Waals surface area contributed by atoms with Crippen LogP contribution in [0.3, 0.4) is 0 Å². The van der Waals surface area contributed by atoms with Crippen molar-refractivity contribution < 1.29 is 19.0 Å². The van der Waals surface area contributed by atoms with Gasteiger partial charge in [-0.2, -0.15) is 0 Å². The Hall–Kier alpha value is -1.75. The first-order valence-corrected chi connectivity index (χ1v) is 6.86. The lowest BCUT2D eigenvalue weighted by atomic mass is 10.1. The summed E-state index contributed by atoms with van der Waals surface area (Å²) in [4.78, 5) is 11.6. The van der Waals surface area contributed by atoms with E-state index >= 15 is 0 Å². The molecule has 20 heavy (non-hydrogen) atoms. The van der Waals surface area contributed by atoms with Crippen molar-refractivity contribution in [3.63, 3.8) is 0 Å². The topological polar surface area (TPSA) is 56.8 Å². The molecule has 1 aromatic rings. The van der Waals surface area contributed by atoms with Crippen LogP contribution in [0.5, 0.6) is 11.5 Å². The average molecular weight is 279 g/mol. The molecule has 1 aliphatic heterocycles. The summed E-state index contributed by atoms with van der Waals surface area (Å²) in [6.45, 7) is 5.71. The number of ether oxygens (including phenoxy) is 3. The van der Waals surface area contributed by atoms with Gasteiger partial charge < -0.3 is 19.5 Å². The maximum atomic E-state index is 11.6. The summed E-state index contributed by atoms with van der Waals surface area (Å²) in [7, 11) is 1.40. The van der Waals surface area contributed by atoms with Gasteiger partial charge in [-0.05, 0) is 30.5 Å². The third-order valence-corrected chi connectivity index (χ3v) is 3.50. The van der Waals surface area contributed by atoms with Gasteiger partial charge >= 0.3 is 5.97 Å². The first-order valence-electron chi connectivity index (χ1n) is 6.86. The minimum atomic E-state index is -0.285. The van der Waals surface area contributed by atoms with E-state index in [0.29, 0.717) is 26.2 Å². The Morgan fingerprint density at radius 3 is 2.85 bits per heavy atom. The molecule has 1 N–H and O–H groups in total. The minimum absolute atomic E-state index is 0.234. The number of hydrogen-bond donors (Lipinski definition) is 1. The molecular formula is C15H21NO4. The van der Waals surface area contributed by atoms with Crippen LogP contribution in [0.4, 0.5) is 0 Å². The van der Waals surface area contributed by atoms with Crippen LogP contribution in [0.25, 0.3) is 0 Å². The Balaban J connectivity index is 2.08. The van der Waals surface area contributed by atoms with Crippen molar-refractivity contribution in [1.82, 2.24) is 5.32 Å². The van der Waals surface area contributed by atoms with Crippen LogP contribution < -0.4 is 14.8 Å². The Kier molecular flexibility index (Phi) is 4.84. The number of methoxy groups -OCH3 is 1. The third-order valence-electron chi connectivity index (χ3n) is 3.50. The lowest BCUT2D eigenvalue weighted by Crippen LogP contribution is -2.36. The fourth-order valence-corrected chi connectivity index (χ4v) is 2.26. The molecule has 1 aliphatic rings.